The lowest BCUT2D eigenvalue weighted by atomic mass is 10.0. The van der Waals surface area contributed by atoms with Gasteiger partial charge in [0.15, 0.2) is 0 Å². The highest BCUT2D eigenvalue weighted by molar-refractivity contribution is 5.95. The first-order chi connectivity index (χ1) is 13.6. The molecule has 1 aliphatic rings. The fourth-order valence-corrected chi connectivity index (χ4v) is 3.76. The number of likely N-dealkylation sites (tertiary alicyclic amines) is 1. The summed E-state index contributed by atoms with van der Waals surface area (Å²) in [6.07, 6.45) is 1.96. The number of amides is 1. The summed E-state index contributed by atoms with van der Waals surface area (Å²) in [5.74, 6) is 1.38. The molecular formula is C22H25N3O3. The zero-order chi connectivity index (χ0) is 20.1. The Morgan fingerprint density at radius 1 is 1.25 bits per heavy atom. The minimum absolute atomic E-state index is 0.0906. The Labute approximate surface area is 165 Å². The smallest absolute Gasteiger partial charge is 0.241 e. The van der Waals surface area contributed by atoms with Gasteiger partial charge in [-0.15, -0.1) is 0 Å². The highest BCUT2D eigenvalue weighted by Gasteiger charge is 2.34. The van der Waals surface area contributed by atoms with Gasteiger partial charge >= 0.3 is 0 Å². The molecule has 0 saturated carbocycles. The van der Waals surface area contributed by atoms with Crippen molar-refractivity contribution in [2.45, 2.75) is 31.8 Å². The lowest BCUT2D eigenvalue weighted by Gasteiger charge is -2.31. The molecule has 0 radical (unpaired) electrons. The Hall–Kier alpha value is -3.04. The number of ether oxygens (including phenoxy) is 2. The molecule has 1 amide bonds. The number of hydrogen-bond acceptors (Lipinski definition) is 5. The maximum Gasteiger partial charge on any atom is 0.241 e. The minimum atomic E-state index is -0.342. The van der Waals surface area contributed by atoms with E-state index >= 15 is 0 Å². The van der Waals surface area contributed by atoms with Gasteiger partial charge < -0.3 is 14.8 Å². The van der Waals surface area contributed by atoms with E-state index in [2.05, 4.69) is 16.3 Å². The number of methoxy groups -OCH3 is 2. The summed E-state index contributed by atoms with van der Waals surface area (Å²) < 4.78 is 10.9. The molecule has 1 aliphatic heterocycles. The third kappa shape index (κ3) is 3.95. The van der Waals surface area contributed by atoms with Gasteiger partial charge in [-0.1, -0.05) is 18.2 Å². The van der Waals surface area contributed by atoms with Gasteiger partial charge in [0.2, 0.25) is 5.91 Å². The molecule has 1 fully saturated rings. The van der Waals surface area contributed by atoms with E-state index in [0.717, 1.165) is 36.4 Å². The summed E-state index contributed by atoms with van der Waals surface area (Å²) in [5, 5.41) is 12.1. The number of nitriles is 1. The van der Waals surface area contributed by atoms with Gasteiger partial charge in [-0.25, -0.2) is 0 Å². The first kappa shape index (κ1) is 19.7. The van der Waals surface area contributed by atoms with Crippen molar-refractivity contribution in [3.63, 3.8) is 0 Å². The van der Waals surface area contributed by atoms with Crippen molar-refractivity contribution in [2.24, 2.45) is 0 Å². The summed E-state index contributed by atoms with van der Waals surface area (Å²) >= 11 is 0. The number of anilines is 1. The molecule has 1 N–H and O–H groups in total. The van der Waals surface area contributed by atoms with E-state index in [-0.39, 0.29) is 18.0 Å². The highest BCUT2D eigenvalue weighted by Crippen LogP contribution is 2.39. The van der Waals surface area contributed by atoms with E-state index in [1.807, 2.05) is 31.2 Å². The third-order valence-electron chi connectivity index (χ3n) is 5.28. The van der Waals surface area contributed by atoms with Crippen LogP contribution in [0.25, 0.3) is 0 Å². The number of nitrogens with zero attached hydrogens (tertiary/aromatic N) is 2. The van der Waals surface area contributed by atoms with Crippen molar-refractivity contribution in [2.75, 3.05) is 26.1 Å². The predicted molar refractivity (Wildman–Crippen MR) is 107 cm³/mol. The molecule has 1 heterocycles. The number of nitrogens with one attached hydrogen (secondary N) is 1. The third-order valence-corrected chi connectivity index (χ3v) is 5.28. The second kappa shape index (κ2) is 8.77. The number of rotatable bonds is 6. The maximum absolute atomic E-state index is 12.9. The quantitative estimate of drug-likeness (QED) is 0.828. The van der Waals surface area contributed by atoms with Crippen LogP contribution >= 0.6 is 0 Å². The zero-order valence-corrected chi connectivity index (χ0v) is 16.4. The molecule has 2 atom stereocenters. The summed E-state index contributed by atoms with van der Waals surface area (Å²) in [4.78, 5) is 15.1. The van der Waals surface area contributed by atoms with E-state index in [4.69, 9.17) is 9.47 Å². The standard InChI is InChI=1S/C22H25N3O3/c1-15(22(26)24-19-8-5-4-7-16(19)14-23)25-12-6-9-20(25)18-11-10-17(27-2)13-21(18)28-3/h4-5,7-8,10-11,13,15,20H,6,9,12H2,1-3H3,(H,24,26)/t15-,20+/m0/s1. The second-order valence-electron chi connectivity index (χ2n) is 6.83. The number of para-hydroxylation sites is 1. The number of carbonyl (C=O) groups is 1. The molecule has 6 heteroatoms. The van der Waals surface area contributed by atoms with E-state index in [1.54, 1.807) is 32.4 Å². The van der Waals surface area contributed by atoms with Gasteiger partial charge in [0, 0.05) is 17.7 Å². The van der Waals surface area contributed by atoms with Gasteiger partial charge in [-0.3, -0.25) is 9.69 Å². The van der Waals surface area contributed by atoms with Gasteiger partial charge in [0.1, 0.15) is 17.6 Å². The summed E-state index contributed by atoms with van der Waals surface area (Å²) in [7, 11) is 3.27. The lowest BCUT2D eigenvalue weighted by molar-refractivity contribution is -0.121. The van der Waals surface area contributed by atoms with Crippen LogP contribution in [0, 0.1) is 11.3 Å². The van der Waals surface area contributed by atoms with Crippen LogP contribution in [0.4, 0.5) is 5.69 Å². The Morgan fingerprint density at radius 3 is 2.75 bits per heavy atom. The van der Waals surface area contributed by atoms with Crippen LogP contribution in [0.2, 0.25) is 0 Å². The molecule has 146 valence electrons. The van der Waals surface area contributed by atoms with Crippen LogP contribution < -0.4 is 14.8 Å². The fourth-order valence-electron chi connectivity index (χ4n) is 3.76. The normalized spacial score (nSPS) is 17.6. The van der Waals surface area contributed by atoms with Gasteiger partial charge in [0.05, 0.1) is 31.5 Å². The van der Waals surface area contributed by atoms with Crippen molar-refractivity contribution in [1.82, 2.24) is 4.90 Å². The first-order valence-electron chi connectivity index (χ1n) is 9.36. The van der Waals surface area contributed by atoms with Gasteiger partial charge in [-0.2, -0.15) is 5.26 Å². The van der Waals surface area contributed by atoms with Crippen molar-refractivity contribution < 1.29 is 14.3 Å². The monoisotopic (exact) mass is 379 g/mol. The minimum Gasteiger partial charge on any atom is -0.497 e. The molecule has 1 saturated heterocycles. The van der Waals surface area contributed by atoms with Gasteiger partial charge in [0.25, 0.3) is 0 Å². The van der Waals surface area contributed by atoms with E-state index in [0.29, 0.717) is 11.3 Å². The fraction of sp³-hybridized carbons (Fsp3) is 0.364. The molecule has 2 aromatic carbocycles. The molecule has 0 bridgehead atoms. The summed E-state index contributed by atoms with van der Waals surface area (Å²) in [6.45, 7) is 2.73. The summed E-state index contributed by atoms with van der Waals surface area (Å²) in [5.41, 5.74) is 2.05. The van der Waals surface area contributed by atoms with Crippen molar-refractivity contribution in [3.8, 4) is 17.6 Å². The van der Waals surface area contributed by atoms with Crippen molar-refractivity contribution in [1.29, 1.82) is 5.26 Å². The van der Waals surface area contributed by atoms with Crippen LogP contribution in [0.15, 0.2) is 42.5 Å². The first-order valence-corrected chi connectivity index (χ1v) is 9.36. The second-order valence-corrected chi connectivity index (χ2v) is 6.83. The summed E-state index contributed by atoms with van der Waals surface area (Å²) in [6, 6.07) is 14.7. The molecular weight excluding hydrogens is 354 g/mol. The molecule has 0 spiro atoms. The van der Waals surface area contributed by atoms with Crippen LogP contribution in [0.5, 0.6) is 11.5 Å². The van der Waals surface area contributed by atoms with E-state index in [9.17, 15) is 10.1 Å². The Kier molecular flexibility index (Phi) is 6.17. The highest BCUT2D eigenvalue weighted by atomic mass is 16.5. The van der Waals surface area contributed by atoms with E-state index < -0.39 is 0 Å². The Bertz CT molecular complexity index is 891. The molecule has 28 heavy (non-hydrogen) atoms. The SMILES string of the molecule is COc1ccc([C@H]2CCCN2[C@@H](C)C(=O)Nc2ccccc2C#N)c(OC)c1. The molecule has 2 aromatic rings. The van der Waals surface area contributed by atoms with Crippen LogP contribution in [0.1, 0.15) is 36.9 Å². The molecule has 0 aromatic heterocycles. The Balaban J connectivity index is 1.80. The maximum atomic E-state index is 12.9. The van der Waals surface area contributed by atoms with Crippen molar-refractivity contribution in [3.05, 3.63) is 53.6 Å². The molecule has 6 nitrogen and oxygen atoms in total. The van der Waals surface area contributed by atoms with Gasteiger partial charge in [-0.05, 0) is 44.5 Å². The number of carbonyl (C=O) groups excluding carboxylic acids is 1. The van der Waals surface area contributed by atoms with Crippen LogP contribution in [0.3, 0.4) is 0 Å². The van der Waals surface area contributed by atoms with E-state index in [1.165, 1.54) is 0 Å². The number of hydrogen-bond donors (Lipinski definition) is 1. The topological polar surface area (TPSA) is 74.6 Å². The van der Waals surface area contributed by atoms with Crippen LogP contribution in [-0.2, 0) is 4.79 Å². The average molecular weight is 379 g/mol. The van der Waals surface area contributed by atoms with Crippen LogP contribution in [-0.4, -0.2) is 37.6 Å². The predicted octanol–water partition coefficient (Wildman–Crippen LogP) is 3.74. The number of benzene rings is 2. The lowest BCUT2D eigenvalue weighted by Crippen LogP contribution is -2.41. The average Bonchev–Trinajstić information content (AvgIpc) is 3.22. The molecule has 3 rings (SSSR count). The zero-order valence-electron chi connectivity index (χ0n) is 16.4. The van der Waals surface area contributed by atoms with Crippen molar-refractivity contribution >= 4 is 11.6 Å². The Morgan fingerprint density at radius 2 is 2.04 bits per heavy atom. The largest absolute Gasteiger partial charge is 0.497 e. The molecule has 0 aliphatic carbocycles. The molecule has 0 unspecified atom stereocenters.